The first-order valence-electron chi connectivity index (χ1n) is 4.70. The number of carbonyl (C=O) groups excluding carboxylic acids is 1. The van der Waals surface area contributed by atoms with Crippen molar-refractivity contribution < 1.29 is 9.90 Å². The normalized spacial score (nSPS) is 41.8. The van der Waals surface area contributed by atoms with Crippen LogP contribution in [0.1, 0.15) is 32.1 Å². The maximum atomic E-state index is 11.0. The smallest absolute Gasteiger partial charge is 0.220 e. The van der Waals surface area contributed by atoms with Gasteiger partial charge in [-0.2, -0.15) is 0 Å². The molecule has 0 spiro atoms. The van der Waals surface area contributed by atoms with Crippen LogP contribution >= 0.6 is 0 Å². The second kappa shape index (κ2) is 2.73. The van der Waals surface area contributed by atoms with Gasteiger partial charge in [0.15, 0.2) is 0 Å². The molecule has 1 aliphatic heterocycles. The van der Waals surface area contributed by atoms with Gasteiger partial charge < -0.3 is 10.4 Å². The average molecular weight is 169 g/mol. The third kappa shape index (κ3) is 1.22. The Morgan fingerprint density at radius 3 is 3.17 bits per heavy atom. The molecule has 0 radical (unpaired) electrons. The third-order valence-electron chi connectivity index (χ3n) is 3.20. The predicted molar refractivity (Wildman–Crippen MR) is 44.5 cm³/mol. The van der Waals surface area contributed by atoms with Crippen LogP contribution in [0.15, 0.2) is 0 Å². The molecule has 1 heterocycles. The second-order valence-electron chi connectivity index (χ2n) is 4.03. The topological polar surface area (TPSA) is 49.3 Å². The average Bonchev–Trinajstić information content (AvgIpc) is 2.06. The molecule has 2 fully saturated rings. The molecule has 2 aliphatic rings. The second-order valence-corrected chi connectivity index (χ2v) is 4.03. The molecule has 0 bridgehead atoms. The fourth-order valence-corrected chi connectivity index (χ4v) is 2.37. The lowest BCUT2D eigenvalue weighted by molar-refractivity contribution is -0.135. The van der Waals surface area contributed by atoms with Crippen LogP contribution in [0.25, 0.3) is 0 Å². The van der Waals surface area contributed by atoms with Crippen LogP contribution in [0.5, 0.6) is 0 Å². The first-order chi connectivity index (χ1) is 5.71. The molecule has 0 aromatic rings. The zero-order chi connectivity index (χ0) is 8.60. The number of β-amino-alcohol motifs (C(OH)–C–C–N with tert-alkyl or cyclic N) is 1. The van der Waals surface area contributed by atoms with Crippen LogP contribution in [-0.4, -0.2) is 23.2 Å². The van der Waals surface area contributed by atoms with Crippen LogP contribution in [0, 0.1) is 5.92 Å². The van der Waals surface area contributed by atoms with Gasteiger partial charge in [-0.3, -0.25) is 4.79 Å². The van der Waals surface area contributed by atoms with Gasteiger partial charge in [-0.15, -0.1) is 0 Å². The highest BCUT2D eigenvalue weighted by molar-refractivity contribution is 5.77. The molecule has 68 valence electrons. The van der Waals surface area contributed by atoms with Gasteiger partial charge in [0, 0.05) is 13.0 Å². The molecule has 1 saturated heterocycles. The zero-order valence-electron chi connectivity index (χ0n) is 7.18. The lowest BCUT2D eigenvalue weighted by Gasteiger charge is -2.43. The summed E-state index contributed by atoms with van der Waals surface area (Å²) in [5.41, 5.74) is -0.577. The summed E-state index contributed by atoms with van der Waals surface area (Å²) in [6.45, 7) is 0.469. The van der Waals surface area contributed by atoms with E-state index in [-0.39, 0.29) is 11.8 Å². The number of piperidine rings is 1. The molecule has 2 atom stereocenters. The number of amides is 1. The molecular weight excluding hydrogens is 154 g/mol. The van der Waals surface area contributed by atoms with Crippen molar-refractivity contribution in [3.63, 3.8) is 0 Å². The van der Waals surface area contributed by atoms with E-state index in [0.717, 1.165) is 19.3 Å². The van der Waals surface area contributed by atoms with Crippen molar-refractivity contribution in [3.05, 3.63) is 0 Å². The van der Waals surface area contributed by atoms with E-state index in [4.69, 9.17) is 0 Å². The van der Waals surface area contributed by atoms with Crippen LogP contribution in [0.2, 0.25) is 0 Å². The summed E-state index contributed by atoms with van der Waals surface area (Å²) in [4.78, 5) is 11.0. The van der Waals surface area contributed by atoms with Gasteiger partial charge >= 0.3 is 0 Å². The molecule has 1 aliphatic carbocycles. The number of carbonyl (C=O) groups is 1. The Hall–Kier alpha value is -0.570. The summed E-state index contributed by atoms with van der Waals surface area (Å²) in [6, 6.07) is 0. The van der Waals surface area contributed by atoms with Crippen molar-refractivity contribution in [2.24, 2.45) is 5.92 Å². The Bertz CT molecular complexity index is 205. The minimum Gasteiger partial charge on any atom is -0.388 e. The van der Waals surface area contributed by atoms with E-state index < -0.39 is 5.60 Å². The molecule has 2 rings (SSSR count). The number of hydrogen-bond acceptors (Lipinski definition) is 2. The minimum atomic E-state index is -0.577. The maximum absolute atomic E-state index is 11.0. The molecule has 3 heteroatoms. The van der Waals surface area contributed by atoms with Gasteiger partial charge in [0.1, 0.15) is 0 Å². The highest BCUT2D eigenvalue weighted by atomic mass is 16.3. The summed E-state index contributed by atoms with van der Waals surface area (Å²) in [7, 11) is 0. The van der Waals surface area contributed by atoms with E-state index in [1.807, 2.05) is 0 Å². The van der Waals surface area contributed by atoms with Crippen molar-refractivity contribution in [1.82, 2.24) is 5.32 Å². The van der Waals surface area contributed by atoms with E-state index in [1.54, 1.807) is 0 Å². The minimum absolute atomic E-state index is 0.103. The first kappa shape index (κ1) is 8.05. The fourth-order valence-electron chi connectivity index (χ4n) is 2.37. The van der Waals surface area contributed by atoms with Crippen LogP contribution < -0.4 is 5.32 Å². The monoisotopic (exact) mass is 169 g/mol. The van der Waals surface area contributed by atoms with Gasteiger partial charge in [-0.05, 0) is 18.8 Å². The maximum Gasteiger partial charge on any atom is 0.220 e. The van der Waals surface area contributed by atoms with Gasteiger partial charge in [0.2, 0.25) is 5.91 Å². The first-order valence-corrected chi connectivity index (χ1v) is 4.70. The Balaban J connectivity index is 2.11. The highest BCUT2D eigenvalue weighted by Gasteiger charge is 2.42. The molecule has 1 amide bonds. The Labute approximate surface area is 72.2 Å². The largest absolute Gasteiger partial charge is 0.388 e. The van der Waals surface area contributed by atoms with Gasteiger partial charge in [0.25, 0.3) is 0 Å². The van der Waals surface area contributed by atoms with E-state index in [0.29, 0.717) is 13.0 Å². The summed E-state index contributed by atoms with van der Waals surface area (Å²) >= 11 is 0. The molecule has 0 aromatic carbocycles. The lowest BCUT2D eigenvalue weighted by atomic mass is 9.72. The van der Waals surface area contributed by atoms with E-state index in [2.05, 4.69) is 5.32 Å². The molecule has 1 saturated carbocycles. The summed E-state index contributed by atoms with van der Waals surface area (Å²) in [5.74, 6) is 0.326. The van der Waals surface area contributed by atoms with Crippen molar-refractivity contribution >= 4 is 5.91 Å². The number of aliphatic hydroxyl groups is 1. The SMILES string of the molecule is O=C1CC2CCCCC2(O)CN1. The van der Waals surface area contributed by atoms with Crippen LogP contribution in [0.4, 0.5) is 0 Å². The lowest BCUT2D eigenvalue weighted by Crippen LogP contribution is -2.55. The molecule has 0 aromatic heterocycles. The molecule has 2 unspecified atom stereocenters. The standard InChI is InChI=1S/C9H15NO2/c11-8-5-7-3-1-2-4-9(7,12)6-10-8/h7,12H,1-6H2,(H,10,11). The Morgan fingerprint density at radius 1 is 1.50 bits per heavy atom. The van der Waals surface area contributed by atoms with Crippen molar-refractivity contribution in [1.29, 1.82) is 0 Å². The number of nitrogens with one attached hydrogen (secondary N) is 1. The van der Waals surface area contributed by atoms with E-state index in [9.17, 15) is 9.90 Å². The third-order valence-corrected chi connectivity index (χ3v) is 3.20. The quantitative estimate of drug-likeness (QED) is 0.552. The van der Waals surface area contributed by atoms with Crippen molar-refractivity contribution in [2.75, 3.05) is 6.54 Å². The van der Waals surface area contributed by atoms with Crippen LogP contribution in [0.3, 0.4) is 0 Å². The highest BCUT2D eigenvalue weighted by Crippen LogP contribution is 2.37. The van der Waals surface area contributed by atoms with Gasteiger partial charge in [-0.1, -0.05) is 12.8 Å². The van der Waals surface area contributed by atoms with Gasteiger partial charge in [0.05, 0.1) is 5.60 Å². The van der Waals surface area contributed by atoms with Crippen molar-refractivity contribution in [3.8, 4) is 0 Å². The number of hydrogen-bond donors (Lipinski definition) is 2. The van der Waals surface area contributed by atoms with Crippen molar-refractivity contribution in [2.45, 2.75) is 37.7 Å². The summed E-state index contributed by atoms with van der Waals surface area (Å²) in [5, 5.41) is 12.8. The zero-order valence-corrected chi connectivity index (χ0v) is 7.18. The van der Waals surface area contributed by atoms with Crippen LogP contribution in [-0.2, 0) is 4.79 Å². The van der Waals surface area contributed by atoms with E-state index in [1.165, 1.54) is 6.42 Å². The molecule has 2 N–H and O–H groups in total. The summed E-state index contributed by atoms with van der Waals surface area (Å²) < 4.78 is 0. The van der Waals surface area contributed by atoms with E-state index >= 15 is 0 Å². The predicted octanol–water partition coefficient (Wildman–Crippen LogP) is 0.428. The number of rotatable bonds is 0. The molecule has 3 nitrogen and oxygen atoms in total. The molecule has 12 heavy (non-hydrogen) atoms. The Kier molecular flexibility index (Phi) is 1.83. The fraction of sp³-hybridized carbons (Fsp3) is 0.889. The Morgan fingerprint density at radius 2 is 2.33 bits per heavy atom. The van der Waals surface area contributed by atoms with Gasteiger partial charge in [-0.25, -0.2) is 0 Å². The summed E-state index contributed by atoms with van der Waals surface area (Å²) in [6.07, 6.45) is 4.67. The number of fused-ring (bicyclic) bond motifs is 1. The molecular formula is C9H15NO2.